The fraction of sp³-hybridized carbons (Fsp3) is 0.455. The summed E-state index contributed by atoms with van der Waals surface area (Å²) in [6.45, 7) is 3.07. The van der Waals surface area contributed by atoms with Gasteiger partial charge in [-0.25, -0.2) is 8.42 Å². The lowest BCUT2D eigenvalue weighted by Gasteiger charge is -2.18. The summed E-state index contributed by atoms with van der Waals surface area (Å²) in [7, 11) is -3.25. The van der Waals surface area contributed by atoms with Gasteiger partial charge in [0.05, 0.1) is 11.4 Å². The van der Waals surface area contributed by atoms with Gasteiger partial charge in [0, 0.05) is 10.8 Å². The minimum Gasteiger partial charge on any atom is -0.387 e. The molecule has 0 aliphatic rings. The van der Waals surface area contributed by atoms with Gasteiger partial charge < -0.3 is 5.11 Å². The van der Waals surface area contributed by atoms with E-state index >= 15 is 0 Å². The number of benzene rings is 1. The van der Waals surface area contributed by atoms with E-state index in [1.807, 2.05) is 0 Å². The van der Waals surface area contributed by atoms with E-state index in [0.29, 0.717) is 10.6 Å². The molecule has 16 heavy (non-hydrogen) atoms. The highest BCUT2D eigenvalue weighted by Crippen LogP contribution is 2.24. The average Bonchev–Trinajstić information content (AvgIpc) is 2.27. The van der Waals surface area contributed by atoms with Crippen molar-refractivity contribution in [3.8, 4) is 0 Å². The van der Waals surface area contributed by atoms with Gasteiger partial charge in [-0.05, 0) is 24.6 Å². The Kier molecular flexibility index (Phi) is 4.35. The van der Waals surface area contributed by atoms with Crippen molar-refractivity contribution in [2.24, 2.45) is 0 Å². The standard InChI is InChI=1S/C11H15ClO3S/c1-3-16(14,15)8(2)11(13)9-5-4-6-10(12)7-9/h4-8,11,13H,3H2,1-2H3. The number of hydrogen-bond acceptors (Lipinski definition) is 3. The van der Waals surface area contributed by atoms with Gasteiger partial charge in [0.2, 0.25) is 0 Å². The summed E-state index contributed by atoms with van der Waals surface area (Å²) in [5.74, 6) is 0.0196. The molecule has 0 heterocycles. The molecule has 0 aliphatic carbocycles. The van der Waals surface area contributed by atoms with Crippen LogP contribution in [0, 0.1) is 0 Å². The van der Waals surface area contributed by atoms with Crippen molar-refractivity contribution in [1.29, 1.82) is 0 Å². The van der Waals surface area contributed by atoms with Crippen molar-refractivity contribution < 1.29 is 13.5 Å². The van der Waals surface area contributed by atoms with E-state index < -0.39 is 21.2 Å². The van der Waals surface area contributed by atoms with Crippen LogP contribution in [0.4, 0.5) is 0 Å². The SMILES string of the molecule is CCS(=O)(=O)C(C)C(O)c1cccc(Cl)c1. The first-order valence-corrected chi connectivity index (χ1v) is 7.13. The van der Waals surface area contributed by atoms with Crippen LogP contribution >= 0.6 is 11.6 Å². The van der Waals surface area contributed by atoms with Crippen LogP contribution in [0.2, 0.25) is 5.02 Å². The normalized spacial score (nSPS) is 15.8. The lowest BCUT2D eigenvalue weighted by Crippen LogP contribution is -2.26. The molecule has 1 rings (SSSR count). The summed E-state index contributed by atoms with van der Waals surface area (Å²) in [5, 5.41) is 9.60. The molecular weight excluding hydrogens is 248 g/mol. The maximum atomic E-state index is 11.6. The quantitative estimate of drug-likeness (QED) is 0.905. The third-order valence-corrected chi connectivity index (χ3v) is 5.03. The number of aliphatic hydroxyl groups is 1. The Balaban J connectivity index is 2.99. The van der Waals surface area contributed by atoms with E-state index in [4.69, 9.17) is 11.6 Å². The van der Waals surface area contributed by atoms with Crippen LogP contribution in [0.5, 0.6) is 0 Å². The molecule has 0 amide bonds. The van der Waals surface area contributed by atoms with Crippen LogP contribution in [0.3, 0.4) is 0 Å². The first-order valence-electron chi connectivity index (χ1n) is 5.03. The highest BCUT2D eigenvalue weighted by atomic mass is 35.5. The van der Waals surface area contributed by atoms with Gasteiger partial charge in [0.25, 0.3) is 0 Å². The number of rotatable bonds is 4. The second kappa shape index (κ2) is 5.17. The minimum absolute atomic E-state index is 0.0196. The van der Waals surface area contributed by atoms with Crippen LogP contribution in [0.25, 0.3) is 0 Å². The maximum Gasteiger partial charge on any atom is 0.155 e. The second-order valence-electron chi connectivity index (χ2n) is 3.66. The lowest BCUT2D eigenvalue weighted by atomic mass is 10.1. The van der Waals surface area contributed by atoms with Gasteiger partial charge in [-0.2, -0.15) is 0 Å². The van der Waals surface area contributed by atoms with Crippen LogP contribution in [-0.4, -0.2) is 24.5 Å². The number of hydrogen-bond donors (Lipinski definition) is 1. The smallest absolute Gasteiger partial charge is 0.155 e. The Morgan fingerprint density at radius 1 is 1.44 bits per heavy atom. The average molecular weight is 263 g/mol. The highest BCUT2D eigenvalue weighted by molar-refractivity contribution is 7.92. The molecule has 0 spiro atoms. The van der Waals surface area contributed by atoms with E-state index in [-0.39, 0.29) is 5.75 Å². The van der Waals surface area contributed by atoms with E-state index in [0.717, 1.165) is 0 Å². The van der Waals surface area contributed by atoms with Crippen molar-refractivity contribution in [3.63, 3.8) is 0 Å². The summed E-state index contributed by atoms with van der Waals surface area (Å²) in [6, 6.07) is 6.61. The van der Waals surface area contributed by atoms with Crippen molar-refractivity contribution in [3.05, 3.63) is 34.9 Å². The molecule has 3 nitrogen and oxygen atoms in total. The van der Waals surface area contributed by atoms with Gasteiger partial charge in [-0.1, -0.05) is 30.7 Å². The van der Waals surface area contributed by atoms with Crippen LogP contribution in [0.1, 0.15) is 25.5 Å². The van der Waals surface area contributed by atoms with Gasteiger partial charge >= 0.3 is 0 Å². The molecule has 0 radical (unpaired) electrons. The molecular formula is C11H15ClO3S. The first kappa shape index (κ1) is 13.5. The molecule has 1 aromatic rings. The first-order chi connectivity index (χ1) is 7.38. The Morgan fingerprint density at radius 3 is 2.56 bits per heavy atom. The summed E-state index contributed by atoms with van der Waals surface area (Å²) >= 11 is 5.78. The predicted octanol–water partition coefficient (Wildman–Crippen LogP) is 2.20. The summed E-state index contributed by atoms with van der Waals surface area (Å²) in [6.07, 6.45) is -1.04. The van der Waals surface area contributed by atoms with Gasteiger partial charge in [0.15, 0.2) is 9.84 Å². The number of aliphatic hydroxyl groups excluding tert-OH is 1. The molecule has 90 valence electrons. The molecule has 1 N–H and O–H groups in total. The molecule has 0 saturated heterocycles. The van der Waals surface area contributed by atoms with E-state index in [2.05, 4.69) is 0 Å². The number of halogens is 1. The number of sulfone groups is 1. The van der Waals surface area contributed by atoms with E-state index in [1.165, 1.54) is 6.92 Å². The Labute approximate surface area is 101 Å². The monoisotopic (exact) mass is 262 g/mol. The predicted molar refractivity (Wildman–Crippen MR) is 65.3 cm³/mol. The third kappa shape index (κ3) is 2.97. The van der Waals surface area contributed by atoms with Crippen molar-refractivity contribution in [2.45, 2.75) is 25.2 Å². The van der Waals surface area contributed by atoms with Crippen molar-refractivity contribution >= 4 is 21.4 Å². The maximum absolute atomic E-state index is 11.6. The molecule has 0 aromatic heterocycles. The summed E-state index contributed by atoms with van der Waals surface area (Å²) in [5.41, 5.74) is 0.525. The van der Waals surface area contributed by atoms with Gasteiger partial charge in [-0.15, -0.1) is 0 Å². The molecule has 5 heteroatoms. The van der Waals surface area contributed by atoms with E-state index in [9.17, 15) is 13.5 Å². The zero-order chi connectivity index (χ0) is 12.3. The minimum atomic E-state index is -3.25. The zero-order valence-corrected chi connectivity index (χ0v) is 10.8. The van der Waals surface area contributed by atoms with Crippen molar-refractivity contribution in [1.82, 2.24) is 0 Å². The van der Waals surface area contributed by atoms with Crippen molar-refractivity contribution in [2.75, 3.05) is 5.75 Å². The molecule has 0 bridgehead atoms. The Morgan fingerprint density at radius 2 is 2.06 bits per heavy atom. The second-order valence-corrected chi connectivity index (χ2v) is 6.74. The topological polar surface area (TPSA) is 54.4 Å². The Hall–Kier alpha value is -0.580. The van der Waals surface area contributed by atoms with Gasteiger partial charge in [-0.3, -0.25) is 0 Å². The molecule has 0 saturated carbocycles. The summed E-state index contributed by atoms with van der Waals surface area (Å²) in [4.78, 5) is 0. The van der Waals surface area contributed by atoms with Crippen LogP contribution < -0.4 is 0 Å². The summed E-state index contributed by atoms with van der Waals surface area (Å²) < 4.78 is 23.2. The molecule has 2 unspecified atom stereocenters. The molecule has 1 aromatic carbocycles. The fourth-order valence-corrected chi connectivity index (χ4v) is 2.70. The zero-order valence-electron chi connectivity index (χ0n) is 9.22. The van der Waals surface area contributed by atoms with E-state index in [1.54, 1.807) is 31.2 Å². The highest BCUT2D eigenvalue weighted by Gasteiger charge is 2.27. The lowest BCUT2D eigenvalue weighted by molar-refractivity contribution is 0.176. The fourth-order valence-electron chi connectivity index (χ4n) is 1.42. The van der Waals surface area contributed by atoms with Crippen LogP contribution in [0.15, 0.2) is 24.3 Å². The Bertz CT molecular complexity index is 456. The largest absolute Gasteiger partial charge is 0.387 e. The molecule has 2 atom stereocenters. The van der Waals surface area contributed by atoms with Crippen LogP contribution in [-0.2, 0) is 9.84 Å². The molecule has 0 aliphatic heterocycles. The molecule has 0 fully saturated rings. The third-order valence-electron chi connectivity index (χ3n) is 2.60. The van der Waals surface area contributed by atoms with Gasteiger partial charge in [0.1, 0.15) is 0 Å².